The number of thioether (sulfide) groups is 2. The minimum Gasteiger partial charge on any atom is -0.410 e. The molecule has 0 aromatic carbocycles. The fourth-order valence-electron chi connectivity index (χ4n) is 0.833. The second kappa shape index (κ2) is 3.79. The number of nitrogens with zero attached hydrogens (tertiary/aromatic N) is 3. The summed E-state index contributed by atoms with van der Waals surface area (Å²) in [5, 5.41) is 18.7. The quantitative estimate of drug-likeness (QED) is 0.540. The van der Waals surface area contributed by atoms with E-state index in [1.54, 1.807) is 16.8 Å². The molecule has 1 rings (SSSR count). The van der Waals surface area contributed by atoms with Crippen LogP contribution in [0.4, 0.5) is 0 Å². The van der Waals surface area contributed by atoms with Crippen molar-refractivity contribution in [2.75, 3.05) is 14.1 Å². The molecule has 0 saturated carbocycles. The average Bonchev–Trinajstić information content (AvgIpc) is 2.23. The normalized spacial score (nSPS) is 27.1. The molecule has 0 amide bonds. The van der Waals surface area contributed by atoms with Gasteiger partial charge in [0.2, 0.25) is 0 Å². The van der Waals surface area contributed by atoms with E-state index in [1.165, 1.54) is 11.8 Å². The minimum atomic E-state index is -0.158. The van der Waals surface area contributed by atoms with E-state index in [4.69, 9.17) is 5.21 Å². The van der Waals surface area contributed by atoms with Gasteiger partial charge in [-0.1, -0.05) is 16.9 Å². The first-order chi connectivity index (χ1) is 5.95. The van der Waals surface area contributed by atoms with Crippen LogP contribution in [-0.4, -0.2) is 38.5 Å². The summed E-state index contributed by atoms with van der Waals surface area (Å²) in [6.45, 7) is 4.02. The van der Waals surface area contributed by atoms with Crippen molar-refractivity contribution in [3.05, 3.63) is 0 Å². The van der Waals surface area contributed by atoms with Crippen LogP contribution in [0.25, 0.3) is 0 Å². The molecule has 1 fully saturated rings. The highest BCUT2D eigenvalue weighted by Crippen LogP contribution is 2.43. The smallest absolute Gasteiger partial charge is 0.157 e. The van der Waals surface area contributed by atoms with Crippen molar-refractivity contribution in [3.63, 3.8) is 0 Å². The van der Waals surface area contributed by atoms with Gasteiger partial charge in [-0.15, -0.1) is 0 Å². The van der Waals surface area contributed by atoms with Crippen molar-refractivity contribution in [2.45, 2.75) is 18.6 Å². The summed E-state index contributed by atoms with van der Waals surface area (Å²) >= 11 is 3.03. The molecule has 0 aliphatic carbocycles. The van der Waals surface area contributed by atoms with Gasteiger partial charge in [0.05, 0.1) is 4.75 Å². The summed E-state index contributed by atoms with van der Waals surface area (Å²) in [5.74, 6) is 0. The van der Waals surface area contributed by atoms with Gasteiger partial charge in [-0.05, 0) is 25.6 Å². The maximum absolute atomic E-state index is 8.74. The Morgan fingerprint density at radius 1 is 1.38 bits per heavy atom. The predicted molar refractivity (Wildman–Crippen MR) is 59.6 cm³/mol. The highest BCUT2D eigenvalue weighted by molar-refractivity contribution is 8.50. The number of rotatable bonds is 1. The molecule has 74 valence electrons. The van der Waals surface area contributed by atoms with E-state index in [9.17, 15) is 0 Å². The molecule has 6 heteroatoms. The van der Waals surface area contributed by atoms with Crippen molar-refractivity contribution in [2.24, 2.45) is 10.3 Å². The predicted octanol–water partition coefficient (Wildman–Crippen LogP) is 1.87. The minimum absolute atomic E-state index is 0.158. The molecular weight excluding hydrogens is 206 g/mol. The van der Waals surface area contributed by atoms with Crippen LogP contribution >= 0.6 is 23.5 Å². The van der Waals surface area contributed by atoms with Gasteiger partial charge in [-0.2, -0.15) is 5.10 Å². The first-order valence-corrected chi connectivity index (χ1v) is 5.44. The molecule has 0 aromatic rings. The lowest BCUT2D eigenvalue weighted by atomic mass is 10.2. The van der Waals surface area contributed by atoms with Crippen molar-refractivity contribution in [1.29, 1.82) is 0 Å². The lowest BCUT2D eigenvalue weighted by molar-refractivity contribution is 0.319. The molecule has 0 aromatic heterocycles. The molecule has 0 spiro atoms. The molecule has 1 heterocycles. The lowest BCUT2D eigenvalue weighted by Crippen LogP contribution is -2.19. The van der Waals surface area contributed by atoms with Crippen LogP contribution in [0, 0.1) is 0 Å². The third kappa shape index (κ3) is 2.54. The summed E-state index contributed by atoms with van der Waals surface area (Å²) in [7, 11) is 3.74. The van der Waals surface area contributed by atoms with E-state index in [1.807, 2.05) is 27.9 Å². The maximum atomic E-state index is 8.74. The molecule has 0 unspecified atom stereocenters. The van der Waals surface area contributed by atoms with Gasteiger partial charge in [-0.25, -0.2) is 0 Å². The summed E-state index contributed by atoms with van der Waals surface area (Å²) in [6, 6.07) is 0. The Hall–Kier alpha value is -0.360. The third-order valence-electron chi connectivity index (χ3n) is 1.41. The van der Waals surface area contributed by atoms with Gasteiger partial charge >= 0.3 is 0 Å². The summed E-state index contributed by atoms with van der Waals surface area (Å²) in [4.78, 5) is 0. The van der Waals surface area contributed by atoms with Gasteiger partial charge in [0.1, 0.15) is 5.04 Å². The number of hydrogen-bond acceptors (Lipinski definition) is 6. The molecule has 13 heavy (non-hydrogen) atoms. The highest BCUT2D eigenvalue weighted by atomic mass is 32.2. The average molecular weight is 219 g/mol. The Morgan fingerprint density at radius 3 is 2.38 bits per heavy atom. The van der Waals surface area contributed by atoms with Crippen LogP contribution in [0.2, 0.25) is 0 Å². The summed E-state index contributed by atoms with van der Waals surface area (Å²) in [6.07, 6.45) is 0. The lowest BCUT2D eigenvalue weighted by Gasteiger charge is -2.12. The molecule has 1 aliphatic heterocycles. The van der Waals surface area contributed by atoms with Gasteiger partial charge in [0.15, 0.2) is 4.38 Å². The molecule has 1 saturated heterocycles. The monoisotopic (exact) mass is 219 g/mol. The number of hydrazone groups is 1. The Balaban J connectivity index is 2.82. The van der Waals surface area contributed by atoms with Gasteiger partial charge < -0.3 is 10.2 Å². The third-order valence-corrected chi connectivity index (χ3v) is 4.04. The van der Waals surface area contributed by atoms with Crippen molar-refractivity contribution < 1.29 is 5.21 Å². The molecule has 1 aliphatic rings. The molecule has 1 N–H and O–H groups in total. The second-order valence-corrected chi connectivity index (χ2v) is 6.18. The molecular formula is C7H13N3OS2. The van der Waals surface area contributed by atoms with Crippen LogP contribution in [0.5, 0.6) is 0 Å². The van der Waals surface area contributed by atoms with E-state index in [-0.39, 0.29) is 4.75 Å². The SMILES string of the molecule is CN(C)/N=C1/S/C(=N\O)C(C)(C)S1. The number of oxime groups is 1. The van der Waals surface area contributed by atoms with E-state index in [2.05, 4.69) is 10.3 Å². The zero-order valence-electron chi connectivity index (χ0n) is 8.11. The van der Waals surface area contributed by atoms with E-state index < -0.39 is 0 Å². The van der Waals surface area contributed by atoms with Gasteiger partial charge in [0, 0.05) is 14.1 Å². The Bertz CT molecular complexity index is 260. The van der Waals surface area contributed by atoms with Crippen LogP contribution in [0.1, 0.15) is 13.8 Å². The van der Waals surface area contributed by atoms with Crippen LogP contribution < -0.4 is 0 Å². The zero-order chi connectivity index (χ0) is 10.1. The van der Waals surface area contributed by atoms with Gasteiger partial charge in [0.25, 0.3) is 0 Å². The Labute approximate surface area is 86.4 Å². The molecule has 0 atom stereocenters. The van der Waals surface area contributed by atoms with Crippen LogP contribution in [0.3, 0.4) is 0 Å². The van der Waals surface area contributed by atoms with E-state index in [0.29, 0.717) is 5.04 Å². The largest absolute Gasteiger partial charge is 0.410 e. The van der Waals surface area contributed by atoms with E-state index in [0.717, 1.165) is 4.38 Å². The standard InChI is InChI=1S/C7H13N3OS2/c1-7(2)5(9-11)12-6(13-7)8-10(3)4/h11H,1-4H3/b8-6-,9-5-. The Morgan fingerprint density at radius 2 is 2.00 bits per heavy atom. The van der Waals surface area contributed by atoms with E-state index >= 15 is 0 Å². The first kappa shape index (κ1) is 10.7. The fourth-order valence-corrected chi connectivity index (χ4v) is 3.54. The Kier molecular flexibility index (Phi) is 3.13. The van der Waals surface area contributed by atoms with Crippen molar-refractivity contribution in [1.82, 2.24) is 5.01 Å². The van der Waals surface area contributed by atoms with Crippen LogP contribution in [0.15, 0.2) is 10.3 Å². The summed E-state index contributed by atoms with van der Waals surface area (Å²) < 4.78 is 0.761. The molecule has 0 radical (unpaired) electrons. The summed E-state index contributed by atoms with van der Waals surface area (Å²) in [5.41, 5.74) is 0. The first-order valence-electron chi connectivity index (χ1n) is 3.81. The molecule has 4 nitrogen and oxygen atoms in total. The van der Waals surface area contributed by atoms with Crippen molar-refractivity contribution >= 4 is 32.9 Å². The topological polar surface area (TPSA) is 48.2 Å². The van der Waals surface area contributed by atoms with Crippen molar-refractivity contribution in [3.8, 4) is 0 Å². The molecule has 0 bridgehead atoms. The second-order valence-electron chi connectivity index (χ2n) is 3.33. The van der Waals surface area contributed by atoms with Gasteiger partial charge in [-0.3, -0.25) is 0 Å². The van der Waals surface area contributed by atoms with Crippen LogP contribution in [-0.2, 0) is 0 Å². The maximum Gasteiger partial charge on any atom is 0.157 e. The highest BCUT2D eigenvalue weighted by Gasteiger charge is 2.38. The fraction of sp³-hybridized carbons (Fsp3) is 0.714. The zero-order valence-corrected chi connectivity index (χ0v) is 9.74. The number of hydrogen-bond donors (Lipinski definition) is 1.